The van der Waals surface area contributed by atoms with Crippen LogP contribution in [0.4, 0.5) is 15.8 Å². The number of amides is 2. The number of benzene rings is 2. The molecule has 0 unspecified atom stereocenters. The van der Waals surface area contributed by atoms with Crippen molar-refractivity contribution in [1.29, 1.82) is 0 Å². The lowest BCUT2D eigenvalue weighted by molar-refractivity contribution is -0.117. The van der Waals surface area contributed by atoms with Gasteiger partial charge in [0.25, 0.3) is 5.91 Å². The van der Waals surface area contributed by atoms with Gasteiger partial charge in [-0.1, -0.05) is 44.5 Å². The number of fused-ring (bicyclic) bond motifs is 1. The number of nitrogens with one attached hydrogen (secondary N) is 1. The number of primary amides is 1. The maximum Gasteiger partial charge on any atom is 0.255 e. The van der Waals surface area contributed by atoms with Gasteiger partial charge in [0.15, 0.2) is 0 Å². The first-order chi connectivity index (χ1) is 16.6. The monoisotopic (exact) mass is 475 g/mol. The summed E-state index contributed by atoms with van der Waals surface area (Å²) in [6.45, 7) is 10.4. The van der Waals surface area contributed by atoms with E-state index in [1.54, 1.807) is 6.07 Å². The molecule has 0 fully saturated rings. The molecule has 3 N–H and O–H groups in total. The van der Waals surface area contributed by atoms with Gasteiger partial charge >= 0.3 is 0 Å². The van der Waals surface area contributed by atoms with Crippen molar-refractivity contribution in [3.63, 3.8) is 0 Å². The van der Waals surface area contributed by atoms with Crippen LogP contribution in [-0.4, -0.2) is 18.4 Å². The molecule has 6 heteroatoms. The average molecular weight is 476 g/mol. The first-order valence-corrected chi connectivity index (χ1v) is 11.9. The number of para-hydroxylation sites is 1. The van der Waals surface area contributed by atoms with E-state index in [2.05, 4.69) is 12.2 Å². The van der Waals surface area contributed by atoms with Crippen molar-refractivity contribution in [2.24, 2.45) is 5.73 Å². The molecule has 35 heavy (non-hydrogen) atoms. The van der Waals surface area contributed by atoms with E-state index in [4.69, 9.17) is 5.73 Å². The van der Waals surface area contributed by atoms with E-state index in [9.17, 15) is 14.0 Å². The van der Waals surface area contributed by atoms with Crippen molar-refractivity contribution < 1.29 is 14.0 Å². The molecule has 0 atom stereocenters. The molecule has 0 radical (unpaired) electrons. The molecule has 0 saturated carbocycles. The lowest BCUT2D eigenvalue weighted by Crippen LogP contribution is -2.29. The number of hydrogen-bond donors (Lipinski definition) is 2. The van der Waals surface area contributed by atoms with Crippen LogP contribution in [-0.2, 0) is 15.0 Å². The van der Waals surface area contributed by atoms with E-state index < -0.39 is 11.3 Å². The van der Waals surface area contributed by atoms with Crippen molar-refractivity contribution in [2.75, 3.05) is 16.8 Å². The van der Waals surface area contributed by atoms with Crippen LogP contribution in [0.1, 0.15) is 53.0 Å². The Balaban J connectivity index is 2.10. The molecule has 1 aliphatic rings. The zero-order valence-electron chi connectivity index (χ0n) is 21.1. The minimum atomic E-state index is -0.538. The van der Waals surface area contributed by atoms with E-state index in [0.717, 1.165) is 34.5 Å². The van der Waals surface area contributed by atoms with Gasteiger partial charge in [0, 0.05) is 41.0 Å². The second kappa shape index (κ2) is 10.7. The lowest BCUT2D eigenvalue weighted by Gasteiger charge is -2.27. The summed E-state index contributed by atoms with van der Waals surface area (Å²) in [5.74, 6) is -0.932. The van der Waals surface area contributed by atoms with Crippen LogP contribution in [0.25, 0.3) is 0 Å². The number of allylic oxidation sites excluding steroid dienone is 4. The SMILES string of the molecule is CC\C(C)=C(C)/C(=C/C=C1\N(CCC(N)=O)c2ccc(F)cc2C1(C)C)C(=O)Nc1ccccc1. The van der Waals surface area contributed by atoms with E-state index >= 15 is 0 Å². The molecule has 0 aliphatic carbocycles. The van der Waals surface area contributed by atoms with Gasteiger partial charge in [0.05, 0.1) is 0 Å². The molecule has 2 amide bonds. The van der Waals surface area contributed by atoms with Gasteiger partial charge in [0.1, 0.15) is 5.82 Å². The number of carbonyl (C=O) groups is 2. The molecule has 1 aliphatic heterocycles. The molecule has 0 saturated heterocycles. The summed E-state index contributed by atoms with van der Waals surface area (Å²) in [6, 6.07) is 14.0. The number of nitrogens with two attached hydrogens (primary N) is 1. The van der Waals surface area contributed by atoms with Crippen LogP contribution < -0.4 is 16.0 Å². The van der Waals surface area contributed by atoms with Crippen LogP contribution in [0, 0.1) is 5.82 Å². The summed E-state index contributed by atoms with van der Waals surface area (Å²) in [5.41, 5.74) is 10.7. The van der Waals surface area contributed by atoms with Gasteiger partial charge < -0.3 is 16.0 Å². The molecule has 2 aromatic carbocycles. The molecule has 0 spiro atoms. The van der Waals surface area contributed by atoms with Gasteiger partial charge in [-0.2, -0.15) is 0 Å². The second-order valence-corrected chi connectivity index (χ2v) is 9.37. The predicted molar refractivity (Wildman–Crippen MR) is 140 cm³/mol. The van der Waals surface area contributed by atoms with Crippen molar-refractivity contribution in [3.8, 4) is 0 Å². The average Bonchev–Trinajstić information content (AvgIpc) is 3.03. The van der Waals surface area contributed by atoms with E-state index in [1.807, 2.05) is 75.1 Å². The number of hydrogen-bond acceptors (Lipinski definition) is 3. The highest BCUT2D eigenvalue weighted by atomic mass is 19.1. The Morgan fingerprint density at radius 1 is 1.11 bits per heavy atom. The molecular weight excluding hydrogens is 441 g/mol. The Labute approximate surface area is 207 Å². The Bertz CT molecular complexity index is 1210. The third-order valence-electron chi connectivity index (χ3n) is 6.69. The van der Waals surface area contributed by atoms with Gasteiger partial charge in [-0.15, -0.1) is 0 Å². The largest absolute Gasteiger partial charge is 0.370 e. The number of anilines is 2. The molecule has 2 aromatic rings. The molecule has 184 valence electrons. The molecule has 3 rings (SSSR count). The zero-order valence-corrected chi connectivity index (χ0v) is 21.1. The van der Waals surface area contributed by atoms with Crippen LogP contribution in [0.2, 0.25) is 0 Å². The Morgan fingerprint density at radius 3 is 2.43 bits per heavy atom. The lowest BCUT2D eigenvalue weighted by atomic mass is 9.83. The smallest absolute Gasteiger partial charge is 0.255 e. The minimum Gasteiger partial charge on any atom is -0.370 e. The molecule has 0 bridgehead atoms. The van der Waals surface area contributed by atoms with E-state index in [0.29, 0.717) is 17.8 Å². The van der Waals surface area contributed by atoms with Gasteiger partial charge in [0.2, 0.25) is 5.91 Å². The van der Waals surface area contributed by atoms with E-state index in [-0.39, 0.29) is 18.1 Å². The highest BCUT2D eigenvalue weighted by Gasteiger charge is 2.40. The van der Waals surface area contributed by atoms with Crippen LogP contribution in [0.3, 0.4) is 0 Å². The Kier molecular flexibility index (Phi) is 7.95. The summed E-state index contributed by atoms with van der Waals surface area (Å²) in [5, 5.41) is 2.98. The van der Waals surface area contributed by atoms with Gasteiger partial charge in [-0.3, -0.25) is 9.59 Å². The standard InChI is InChI=1S/C29H34FN3O2/c1-6-19(2)20(3)23(28(35)32-22-10-8-7-9-11-22)13-15-26-29(4,5)24-18-21(30)12-14-25(24)33(26)17-16-27(31)34/h7-15,18H,6,16-17H2,1-5H3,(H2,31,34)(H,32,35)/b20-19-,23-13-,26-15-. The normalized spacial score (nSPS) is 16.7. The summed E-state index contributed by atoms with van der Waals surface area (Å²) in [6.07, 6.45) is 4.71. The Hall–Kier alpha value is -3.67. The number of halogens is 1. The van der Waals surface area contributed by atoms with Crippen molar-refractivity contribution in [2.45, 2.75) is 52.9 Å². The summed E-state index contributed by atoms with van der Waals surface area (Å²) < 4.78 is 14.2. The highest BCUT2D eigenvalue weighted by molar-refractivity contribution is 6.07. The van der Waals surface area contributed by atoms with Crippen molar-refractivity contribution in [3.05, 3.63) is 94.5 Å². The fraction of sp³-hybridized carbons (Fsp3) is 0.310. The highest BCUT2D eigenvalue weighted by Crippen LogP contribution is 2.48. The van der Waals surface area contributed by atoms with E-state index in [1.165, 1.54) is 12.1 Å². The first kappa shape index (κ1) is 25.9. The number of carbonyl (C=O) groups excluding carboxylic acids is 2. The predicted octanol–water partition coefficient (Wildman–Crippen LogP) is 5.99. The summed E-state index contributed by atoms with van der Waals surface area (Å²) in [4.78, 5) is 26.9. The van der Waals surface area contributed by atoms with Gasteiger partial charge in [-0.05, 0) is 73.9 Å². The van der Waals surface area contributed by atoms with Crippen LogP contribution in [0.15, 0.2) is 83.1 Å². The fourth-order valence-electron chi connectivity index (χ4n) is 4.36. The minimum absolute atomic E-state index is 0.156. The third kappa shape index (κ3) is 5.70. The molecular formula is C29H34FN3O2. The van der Waals surface area contributed by atoms with Crippen LogP contribution >= 0.6 is 0 Å². The number of rotatable bonds is 8. The molecule has 5 nitrogen and oxygen atoms in total. The Morgan fingerprint density at radius 2 is 1.80 bits per heavy atom. The molecule has 1 heterocycles. The zero-order chi connectivity index (χ0) is 25.8. The summed E-state index contributed by atoms with van der Waals surface area (Å²) >= 11 is 0. The molecule has 0 aromatic heterocycles. The van der Waals surface area contributed by atoms with Crippen LogP contribution in [0.5, 0.6) is 0 Å². The van der Waals surface area contributed by atoms with Crippen molar-refractivity contribution >= 4 is 23.2 Å². The fourth-order valence-corrected chi connectivity index (χ4v) is 4.36. The maximum absolute atomic E-state index is 14.2. The summed E-state index contributed by atoms with van der Waals surface area (Å²) in [7, 11) is 0. The first-order valence-electron chi connectivity index (χ1n) is 11.9. The van der Waals surface area contributed by atoms with Gasteiger partial charge in [-0.25, -0.2) is 4.39 Å². The maximum atomic E-state index is 14.2. The number of nitrogens with zero attached hydrogens (tertiary/aromatic N) is 1. The second-order valence-electron chi connectivity index (χ2n) is 9.37. The quantitative estimate of drug-likeness (QED) is 0.363. The topological polar surface area (TPSA) is 75.4 Å². The third-order valence-corrected chi connectivity index (χ3v) is 6.69. The van der Waals surface area contributed by atoms with Crippen molar-refractivity contribution in [1.82, 2.24) is 0 Å².